The predicted octanol–water partition coefficient (Wildman–Crippen LogP) is 5.43. The van der Waals surface area contributed by atoms with Crippen LogP contribution in [0.3, 0.4) is 0 Å². The maximum Gasteiger partial charge on any atom is 0.0984 e. The number of hydrogen-bond acceptors (Lipinski definition) is 3. The number of thiazole rings is 1. The molecule has 1 aromatic heterocycles. The summed E-state index contributed by atoms with van der Waals surface area (Å²) in [7, 11) is 0. The van der Waals surface area contributed by atoms with Gasteiger partial charge in [0, 0.05) is 22.2 Å². The number of fused-ring (bicyclic) bond motifs is 1. The van der Waals surface area contributed by atoms with Crippen LogP contribution in [0.2, 0.25) is 15.1 Å². The van der Waals surface area contributed by atoms with Crippen LogP contribution in [0.15, 0.2) is 30.3 Å². The lowest BCUT2D eigenvalue weighted by Gasteiger charge is -2.06. The van der Waals surface area contributed by atoms with Gasteiger partial charge in [0.25, 0.3) is 0 Å². The van der Waals surface area contributed by atoms with Gasteiger partial charge in [0.15, 0.2) is 0 Å². The van der Waals surface area contributed by atoms with Crippen LogP contribution in [0.4, 0.5) is 5.69 Å². The Kier molecular flexibility index (Phi) is 3.78. The molecule has 0 aliphatic heterocycles. The Labute approximate surface area is 135 Å². The molecule has 0 spiro atoms. The fraction of sp³-hybridized carbons (Fsp3) is 0.0714. The van der Waals surface area contributed by atoms with Crippen molar-refractivity contribution in [2.45, 2.75) is 6.42 Å². The zero-order valence-electron chi connectivity index (χ0n) is 10.2. The van der Waals surface area contributed by atoms with Crippen molar-refractivity contribution in [1.29, 1.82) is 0 Å². The van der Waals surface area contributed by atoms with E-state index in [1.807, 2.05) is 18.2 Å². The molecular formula is C14H9Cl3N2S. The maximum absolute atomic E-state index is 6.20. The monoisotopic (exact) mass is 342 g/mol. The zero-order chi connectivity index (χ0) is 14.3. The van der Waals surface area contributed by atoms with Crippen molar-refractivity contribution in [2.24, 2.45) is 0 Å². The summed E-state index contributed by atoms with van der Waals surface area (Å²) in [6.45, 7) is 0. The third-order valence-electron chi connectivity index (χ3n) is 2.90. The second kappa shape index (κ2) is 5.41. The van der Waals surface area contributed by atoms with E-state index >= 15 is 0 Å². The molecule has 2 aromatic carbocycles. The highest BCUT2D eigenvalue weighted by atomic mass is 35.5. The number of nitrogens with zero attached hydrogens (tertiary/aromatic N) is 1. The van der Waals surface area contributed by atoms with Crippen molar-refractivity contribution in [3.05, 3.63) is 56.0 Å². The van der Waals surface area contributed by atoms with Crippen molar-refractivity contribution in [2.75, 3.05) is 5.73 Å². The molecule has 0 amide bonds. The molecule has 3 aromatic rings. The highest BCUT2D eigenvalue weighted by Gasteiger charge is 2.12. The molecule has 2 N–H and O–H groups in total. The van der Waals surface area contributed by atoms with E-state index in [0.717, 1.165) is 20.8 Å². The van der Waals surface area contributed by atoms with Crippen molar-refractivity contribution >= 4 is 62.0 Å². The summed E-state index contributed by atoms with van der Waals surface area (Å²) in [6, 6.07) is 9.08. The van der Waals surface area contributed by atoms with E-state index in [2.05, 4.69) is 4.98 Å². The van der Waals surface area contributed by atoms with E-state index < -0.39 is 0 Å². The van der Waals surface area contributed by atoms with Crippen LogP contribution < -0.4 is 5.73 Å². The van der Waals surface area contributed by atoms with Crippen LogP contribution in [-0.4, -0.2) is 4.98 Å². The largest absolute Gasteiger partial charge is 0.399 e. The Morgan fingerprint density at radius 1 is 1.05 bits per heavy atom. The second-order valence-electron chi connectivity index (χ2n) is 4.34. The lowest BCUT2D eigenvalue weighted by Crippen LogP contribution is -1.93. The number of aromatic nitrogens is 1. The molecule has 0 aliphatic rings. The number of nitrogens with two attached hydrogens (primary N) is 1. The highest BCUT2D eigenvalue weighted by Crippen LogP contribution is 2.34. The van der Waals surface area contributed by atoms with E-state index in [1.165, 1.54) is 0 Å². The van der Waals surface area contributed by atoms with Gasteiger partial charge in [-0.05, 0) is 29.8 Å². The average Bonchev–Trinajstić information content (AvgIpc) is 2.78. The van der Waals surface area contributed by atoms with Crippen LogP contribution in [-0.2, 0) is 6.42 Å². The Morgan fingerprint density at radius 3 is 2.40 bits per heavy atom. The smallest absolute Gasteiger partial charge is 0.0984 e. The van der Waals surface area contributed by atoms with Gasteiger partial charge < -0.3 is 5.73 Å². The first-order valence-electron chi connectivity index (χ1n) is 5.82. The summed E-state index contributed by atoms with van der Waals surface area (Å²) in [5.74, 6) is 0. The van der Waals surface area contributed by atoms with Gasteiger partial charge in [-0.1, -0.05) is 40.9 Å². The number of nitrogen functional groups attached to an aromatic ring is 1. The Hall–Kier alpha value is -1.000. The summed E-state index contributed by atoms with van der Waals surface area (Å²) in [5, 5.41) is 2.74. The summed E-state index contributed by atoms with van der Waals surface area (Å²) in [5.41, 5.74) is 7.98. The van der Waals surface area contributed by atoms with Crippen LogP contribution in [0.5, 0.6) is 0 Å². The molecule has 6 heteroatoms. The van der Waals surface area contributed by atoms with Crippen molar-refractivity contribution in [3.8, 4) is 0 Å². The molecule has 102 valence electrons. The molecule has 0 saturated carbocycles. The lowest BCUT2D eigenvalue weighted by atomic mass is 10.1. The van der Waals surface area contributed by atoms with Crippen LogP contribution in [0.25, 0.3) is 10.2 Å². The average molecular weight is 344 g/mol. The first-order valence-corrected chi connectivity index (χ1v) is 7.77. The molecule has 0 saturated heterocycles. The molecule has 0 radical (unpaired) electrons. The second-order valence-corrected chi connectivity index (χ2v) is 6.64. The van der Waals surface area contributed by atoms with Crippen molar-refractivity contribution in [1.82, 2.24) is 4.98 Å². The van der Waals surface area contributed by atoms with Gasteiger partial charge in [-0.2, -0.15) is 0 Å². The fourth-order valence-corrected chi connectivity index (χ4v) is 3.88. The van der Waals surface area contributed by atoms with E-state index in [9.17, 15) is 0 Å². The minimum Gasteiger partial charge on any atom is -0.399 e. The van der Waals surface area contributed by atoms with Crippen LogP contribution >= 0.6 is 46.1 Å². The van der Waals surface area contributed by atoms with E-state index in [-0.39, 0.29) is 0 Å². The number of halogens is 3. The van der Waals surface area contributed by atoms with Gasteiger partial charge in [-0.25, -0.2) is 4.98 Å². The number of anilines is 1. The first kappa shape index (κ1) is 14.0. The minimum atomic E-state index is 0.552. The molecule has 0 unspecified atom stereocenters. The molecule has 0 atom stereocenters. The van der Waals surface area contributed by atoms with Crippen LogP contribution in [0.1, 0.15) is 10.6 Å². The lowest BCUT2D eigenvalue weighted by molar-refractivity contribution is 1.16. The van der Waals surface area contributed by atoms with Gasteiger partial charge in [0.05, 0.1) is 20.2 Å². The van der Waals surface area contributed by atoms with E-state index in [4.69, 9.17) is 40.5 Å². The molecule has 20 heavy (non-hydrogen) atoms. The molecule has 2 nitrogen and oxygen atoms in total. The van der Waals surface area contributed by atoms with Crippen molar-refractivity contribution in [3.63, 3.8) is 0 Å². The molecular weight excluding hydrogens is 335 g/mol. The molecule has 0 bridgehead atoms. The third-order valence-corrected chi connectivity index (χ3v) is 5.11. The zero-order valence-corrected chi connectivity index (χ0v) is 13.2. The standard InChI is InChI=1S/C14H9Cl3N2S/c15-9-2-1-3-12-14(9)20-13(19-12)6-8-10(16)4-7(18)5-11(8)17/h1-5H,6,18H2. The van der Waals surface area contributed by atoms with Gasteiger partial charge in [-0.3, -0.25) is 0 Å². The summed E-state index contributed by atoms with van der Waals surface area (Å²) in [4.78, 5) is 4.56. The molecule has 3 rings (SSSR count). The SMILES string of the molecule is Nc1cc(Cl)c(Cc2nc3cccc(Cl)c3s2)c(Cl)c1. The first-order chi connectivity index (χ1) is 9.54. The Morgan fingerprint density at radius 2 is 1.75 bits per heavy atom. The highest BCUT2D eigenvalue weighted by molar-refractivity contribution is 7.19. The van der Waals surface area contributed by atoms with Gasteiger partial charge in [0.1, 0.15) is 0 Å². The van der Waals surface area contributed by atoms with E-state index in [0.29, 0.717) is 27.2 Å². The van der Waals surface area contributed by atoms with Crippen LogP contribution in [0, 0.1) is 0 Å². The van der Waals surface area contributed by atoms with Gasteiger partial charge >= 0.3 is 0 Å². The number of rotatable bonds is 2. The predicted molar refractivity (Wildman–Crippen MR) is 88.3 cm³/mol. The molecule has 0 aliphatic carbocycles. The summed E-state index contributed by atoms with van der Waals surface area (Å²) >= 11 is 20.1. The van der Waals surface area contributed by atoms with E-state index in [1.54, 1.807) is 23.5 Å². The topological polar surface area (TPSA) is 38.9 Å². The Bertz CT molecular complexity index is 775. The van der Waals surface area contributed by atoms with Crippen molar-refractivity contribution < 1.29 is 0 Å². The summed E-state index contributed by atoms with van der Waals surface area (Å²) < 4.78 is 0.979. The maximum atomic E-state index is 6.20. The van der Waals surface area contributed by atoms with Gasteiger partial charge in [-0.15, -0.1) is 11.3 Å². The Balaban J connectivity index is 2.04. The normalized spacial score (nSPS) is 11.2. The summed E-state index contributed by atoms with van der Waals surface area (Å²) in [6.07, 6.45) is 0.563. The molecule has 0 fully saturated rings. The van der Waals surface area contributed by atoms with Gasteiger partial charge in [0.2, 0.25) is 0 Å². The fourth-order valence-electron chi connectivity index (χ4n) is 1.98. The number of benzene rings is 2. The third kappa shape index (κ3) is 2.59. The number of hydrogen-bond donors (Lipinski definition) is 1. The minimum absolute atomic E-state index is 0.552. The molecule has 1 heterocycles. The quantitative estimate of drug-likeness (QED) is 0.630.